The zero-order valence-corrected chi connectivity index (χ0v) is 11.2. The van der Waals surface area contributed by atoms with E-state index in [0.717, 1.165) is 28.5 Å². The van der Waals surface area contributed by atoms with Crippen LogP contribution in [0.3, 0.4) is 0 Å². The summed E-state index contributed by atoms with van der Waals surface area (Å²) in [7, 11) is -2.86. The molecule has 1 unspecified atom stereocenters. The Morgan fingerprint density at radius 2 is 2.35 bits per heavy atom. The fourth-order valence-corrected chi connectivity index (χ4v) is 5.48. The predicted octanol–water partition coefficient (Wildman–Crippen LogP) is 0.909. The molecular weight excluding hydrogens is 256 g/mol. The van der Waals surface area contributed by atoms with Crippen molar-refractivity contribution < 1.29 is 8.42 Å². The summed E-state index contributed by atoms with van der Waals surface area (Å²) >= 11 is 1.59. The summed E-state index contributed by atoms with van der Waals surface area (Å²) in [5.74, 6) is 0.475. The highest BCUT2D eigenvalue weighted by Gasteiger charge is 2.26. The van der Waals surface area contributed by atoms with Crippen LogP contribution in [0.25, 0.3) is 0 Å². The summed E-state index contributed by atoms with van der Waals surface area (Å²) in [4.78, 5) is 5.57. The minimum Gasteiger partial charge on any atom is -0.314 e. The van der Waals surface area contributed by atoms with E-state index in [4.69, 9.17) is 0 Å². The van der Waals surface area contributed by atoms with E-state index in [0.29, 0.717) is 12.5 Å². The smallest absolute Gasteiger partial charge is 0.155 e. The molecule has 0 aromatic carbocycles. The lowest BCUT2D eigenvalue weighted by atomic mass is 10.2. The molecule has 0 spiro atoms. The van der Waals surface area contributed by atoms with E-state index in [1.807, 2.05) is 0 Å². The van der Waals surface area contributed by atoms with E-state index in [-0.39, 0.29) is 11.5 Å². The summed E-state index contributed by atoms with van der Waals surface area (Å²) in [5, 5.41) is 4.55. The van der Waals surface area contributed by atoms with Crippen molar-refractivity contribution in [2.24, 2.45) is 0 Å². The monoisotopic (exact) mass is 272 g/mol. The van der Waals surface area contributed by atoms with Crippen molar-refractivity contribution in [2.45, 2.75) is 37.5 Å². The number of aromatic nitrogens is 1. The normalized spacial score (nSPS) is 26.9. The molecule has 0 amide bonds. The molecule has 17 heavy (non-hydrogen) atoms. The topological polar surface area (TPSA) is 59.1 Å². The molecule has 1 saturated heterocycles. The van der Waals surface area contributed by atoms with Crippen LogP contribution in [0.4, 0.5) is 0 Å². The molecule has 94 valence electrons. The van der Waals surface area contributed by atoms with E-state index in [1.54, 1.807) is 11.3 Å². The van der Waals surface area contributed by atoms with Gasteiger partial charge in [0.15, 0.2) is 9.84 Å². The van der Waals surface area contributed by atoms with Gasteiger partial charge in [0.1, 0.15) is 0 Å². The lowest BCUT2D eigenvalue weighted by Gasteiger charge is -2.09. The Labute approximate surface area is 105 Å². The van der Waals surface area contributed by atoms with Crippen molar-refractivity contribution in [2.75, 3.05) is 12.3 Å². The Kier molecular flexibility index (Phi) is 2.96. The second-order valence-corrected chi connectivity index (χ2v) is 8.17. The maximum absolute atomic E-state index is 11.5. The van der Waals surface area contributed by atoms with Crippen LogP contribution in [0.1, 0.15) is 28.4 Å². The number of hydrogen-bond acceptors (Lipinski definition) is 5. The summed E-state index contributed by atoms with van der Waals surface area (Å²) in [6, 6.07) is 0.541. The number of rotatable bonds is 2. The molecule has 0 radical (unpaired) electrons. The molecule has 0 saturated carbocycles. The molecule has 2 aliphatic rings. The summed E-state index contributed by atoms with van der Waals surface area (Å²) < 4.78 is 23.1. The maximum atomic E-state index is 11.5. The number of thiazole rings is 1. The van der Waals surface area contributed by atoms with Crippen molar-refractivity contribution >= 4 is 21.2 Å². The molecule has 0 bridgehead atoms. The van der Waals surface area contributed by atoms with Crippen LogP contribution in [0.5, 0.6) is 0 Å². The Bertz CT molecular complexity index is 516. The van der Waals surface area contributed by atoms with Gasteiger partial charge in [-0.2, -0.15) is 0 Å². The SMILES string of the molecule is O=S1(=O)CCc2nc(CC3CCCN3)sc2C1. The van der Waals surface area contributed by atoms with Crippen LogP contribution in [0, 0.1) is 0 Å². The minimum absolute atomic E-state index is 0.206. The molecule has 2 aliphatic heterocycles. The first-order chi connectivity index (χ1) is 8.12. The molecule has 1 atom stereocenters. The lowest BCUT2D eigenvalue weighted by Crippen LogP contribution is -2.23. The third-order valence-electron chi connectivity index (χ3n) is 3.41. The van der Waals surface area contributed by atoms with Crippen LogP contribution in [-0.2, 0) is 28.4 Å². The predicted molar refractivity (Wildman–Crippen MR) is 68.0 cm³/mol. The quantitative estimate of drug-likeness (QED) is 0.869. The molecule has 3 rings (SSSR count). The number of aryl methyl sites for hydroxylation is 1. The summed E-state index contributed by atoms with van der Waals surface area (Å²) in [6.45, 7) is 1.10. The second kappa shape index (κ2) is 4.33. The molecular formula is C11H16N2O2S2. The van der Waals surface area contributed by atoms with Gasteiger partial charge in [-0.1, -0.05) is 0 Å². The molecule has 3 heterocycles. The number of fused-ring (bicyclic) bond motifs is 1. The standard InChI is InChI=1S/C11H16N2O2S2/c14-17(15)5-3-9-10(7-17)16-11(13-9)6-8-2-1-4-12-8/h8,12H,1-7H2. The summed E-state index contributed by atoms with van der Waals surface area (Å²) in [6.07, 6.45) is 4.01. The first kappa shape index (κ1) is 11.6. The fraction of sp³-hybridized carbons (Fsp3) is 0.727. The van der Waals surface area contributed by atoms with Gasteiger partial charge in [0.25, 0.3) is 0 Å². The molecule has 6 heteroatoms. The van der Waals surface area contributed by atoms with Crippen LogP contribution in [-0.4, -0.2) is 31.7 Å². The van der Waals surface area contributed by atoms with Gasteiger partial charge in [-0.15, -0.1) is 11.3 Å². The van der Waals surface area contributed by atoms with Crippen molar-refractivity contribution in [3.05, 3.63) is 15.6 Å². The van der Waals surface area contributed by atoms with Gasteiger partial charge in [0.2, 0.25) is 0 Å². The van der Waals surface area contributed by atoms with Gasteiger partial charge in [0.05, 0.1) is 22.2 Å². The second-order valence-electron chi connectivity index (χ2n) is 4.82. The van der Waals surface area contributed by atoms with Crippen molar-refractivity contribution in [1.82, 2.24) is 10.3 Å². The van der Waals surface area contributed by atoms with Crippen molar-refractivity contribution in [3.63, 3.8) is 0 Å². The summed E-state index contributed by atoms with van der Waals surface area (Å²) in [5.41, 5.74) is 1.03. The van der Waals surface area contributed by atoms with Gasteiger partial charge < -0.3 is 5.32 Å². The van der Waals surface area contributed by atoms with Gasteiger partial charge >= 0.3 is 0 Å². The van der Waals surface area contributed by atoms with Gasteiger partial charge in [-0.05, 0) is 19.4 Å². The molecule has 1 fully saturated rings. The lowest BCUT2D eigenvalue weighted by molar-refractivity contribution is 0.590. The zero-order chi connectivity index (χ0) is 11.9. The largest absolute Gasteiger partial charge is 0.314 e. The highest BCUT2D eigenvalue weighted by molar-refractivity contribution is 7.90. The highest BCUT2D eigenvalue weighted by atomic mass is 32.2. The number of sulfone groups is 1. The third kappa shape index (κ3) is 2.53. The maximum Gasteiger partial charge on any atom is 0.155 e. The highest BCUT2D eigenvalue weighted by Crippen LogP contribution is 2.27. The number of nitrogens with zero attached hydrogens (tertiary/aromatic N) is 1. The average molecular weight is 272 g/mol. The van der Waals surface area contributed by atoms with Crippen LogP contribution >= 0.6 is 11.3 Å². The van der Waals surface area contributed by atoms with E-state index < -0.39 is 9.84 Å². The van der Waals surface area contributed by atoms with Crippen molar-refractivity contribution in [1.29, 1.82) is 0 Å². The van der Waals surface area contributed by atoms with Crippen molar-refractivity contribution in [3.8, 4) is 0 Å². The van der Waals surface area contributed by atoms with E-state index in [9.17, 15) is 8.42 Å². The van der Waals surface area contributed by atoms with Gasteiger partial charge in [-0.3, -0.25) is 0 Å². The first-order valence-corrected chi connectivity index (χ1v) is 8.67. The Morgan fingerprint density at radius 1 is 1.47 bits per heavy atom. The molecule has 0 aliphatic carbocycles. The number of hydrogen-bond donors (Lipinski definition) is 1. The van der Waals surface area contributed by atoms with E-state index in [1.165, 1.54) is 12.8 Å². The number of nitrogens with one attached hydrogen (secondary N) is 1. The third-order valence-corrected chi connectivity index (χ3v) is 6.26. The molecule has 1 N–H and O–H groups in total. The van der Waals surface area contributed by atoms with Crippen LogP contribution in [0.2, 0.25) is 0 Å². The Morgan fingerprint density at radius 3 is 3.12 bits per heavy atom. The Hall–Kier alpha value is -0.460. The zero-order valence-electron chi connectivity index (χ0n) is 9.61. The van der Waals surface area contributed by atoms with E-state index >= 15 is 0 Å². The van der Waals surface area contributed by atoms with Crippen LogP contribution < -0.4 is 5.32 Å². The molecule has 1 aromatic heterocycles. The first-order valence-electron chi connectivity index (χ1n) is 6.04. The minimum atomic E-state index is -2.86. The van der Waals surface area contributed by atoms with Crippen LogP contribution in [0.15, 0.2) is 0 Å². The average Bonchev–Trinajstić information content (AvgIpc) is 2.85. The van der Waals surface area contributed by atoms with Gasteiger partial charge in [0, 0.05) is 23.8 Å². The molecule has 1 aromatic rings. The fourth-order valence-electron chi connectivity index (χ4n) is 2.50. The van der Waals surface area contributed by atoms with Gasteiger partial charge in [-0.25, -0.2) is 13.4 Å². The van der Waals surface area contributed by atoms with E-state index in [2.05, 4.69) is 10.3 Å². The molecule has 4 nitrogen and oxygen atoms in total. The Balaban J connectivity index is 1.77.